The molecule has 0 amide bonds. The van der Waals surface area contributed by atoms with Crippen LogP contribution in [-0.2, 0) is 11.2 Å². The number of pyridine rings is 1. The third-order valence-corrected chi connectivity index (χ3v) is 5.73. The van der Waals surface area contributed by atoms with Gasteiger partial charge in [0.1, 0.15) is 6.04 Å². The fraction of sp³-hybridized carbons (Fsp3) is 0.185. The van der Waals surface area contributed by atoms with Crippen LogP contribution in [0.5, 0.6) is 5.88 Å². The van der Waals surface area contributed by atoms with Crippen molar-refractivity contribution in [3.8, 4) is 28.3 Å². The number of rotatable bonds is 8. The third-order valence-electron chi connectivity index (χ3n) is 5.73. The minimum atomic E-state index is -4.78. The van der Waals surface area contributed by atoms with Crippen molar-refractivity contribution in [1.29, 1.82) is 0 Å². The molecule has 0 aliphatic heterocycles. The van der Waals surface area contributed by atoms with Crippen molar-refractivity contribution in [3.63, 3.8) is 0 Å². The maximum Gasteiger partial charge on any atom is 0.429 e. The van der Waals surface area contributed by atoms with Gasteiger partial charge in [0.25, 0.3) is 0 Å². The molecule has 8 nitrogen and oxygen atoms in total. The van der Waals surface area contributed by atoms with Crippen molar-refractivity contribution in [3.05, 3.63) is 89.7 Å². The number of hydrogen-bond acceptors (Lipinski definition) is 7. The second kappa shape index (κ2) is 10.9. The number of carboxylic acid groups (broad SMARTS) is 1. The molecule has 0 radical (unpaired) electrons. The summed E-state index contributed by atoms with van der Waals surface area (Å²) in [6, 6.07) is 16.2. The molecule has 1 unspecified atom stereocenters. The zero-order valence-corrected chi connectivity index (χ0v) is 20.2. The van der Waals surface area contributed by atoms with Gasteiger partial charge < -0.3 is 21.3 Å². The zero-order chi connectivity index (χ0) is 27.4. The molecule has 0 saturated carbocycles. The summed E-state index contributed by atoms with van der Waals surface area (Å²) in [6.07, 6.45) is -5.47. The second-order valence-corrected chi connectivity index (χ2v) is 8.61. The summed E-state index contributed by atoms with van der Waals surface area (Å²) in [5.74, 6) is -1.75. The van der Waals surface area contributed by atoms with Gasteiger partial charge in [-0.15, -0.1) is 0 Å². The van der Waals surface area contributed by atoms with Gasteiger partial charge in [0.2, 0.25) is 17.9 Å². The monoisotopic (exact) mass is 523 g/mol. The number of hydrogen-bond donors (Lipinski definition) is 3. The van der Waals surface area contributed by atoms with Crippen LogP contribution in [-0.4, -0.2) is 38.2 Å². The minimum Gasteiger partial charge on any atom is -0.480 e. The van der Waals surface area contributed by atoms with E-state index in [-0.39, 0.29) is 29.5 Å². The van der Waals surface area contributed by atoms with Crippen molar-refractivity contribution in [1.82, 2.24) is 15.0 Å². The molecular weight excluding hydrogens is 499 g/mol. The molecule has 11 heteroatoms. The Hall–Kier alpha value is -4.51. The lowest BCUT2D eigenvalue weighted by Gasteiger charge is -2.24. The number of aliphatic carboxylic acids is 1. The van der Waals surface area contributed by atoms with Gasteiger partial charge in [-0.2, -0.15) is 18.2 Å². The molecule has 0 aliphatic rings. The molecule has 196 valence electrons. The molecule has 2 aromatic carbocycles. The first-order valence-electron chi connectivity index (χ1n) is 11.5. The minimum absolute atomic E-state index is 0.0940. The second-order valence-electron chi connectivity index (χ2n) is 8.61. The average molecular weight is 524 g/mol. The van der Waals surface area contributed by atoms with Gasteiger partial charge in [-0.3, -0.25) is 9.78 Å². The molecule has 0 fully saturated rings. The lowest BCUT2D eigenvalue weighted by Crippen LogP contribution is -2.32. The first-order chi connectivity index (χ1) is 18.0. The molecule has 4 rings (SSSR count). The summed E-state index contributed by atoms with van der Waals surface area (Å²) in [5, 5.41) is 8.99. The van der Waals surface area contributed by atoms with E-state index >= 15 is 0 Å². The van der Waals surface area contributed by atoms with Crippen LogP contribution in [0.4, 0.5) is 19.1 Å². The Morgan fingerprint density at radius 1 is 1.03 bits per heavy atom. The molecule has 5 N–H and O–H groups in total. The Bertz CT molecular complexity index is 1440. The fourth-order valence-electron chi connectivity index (χ4n) is 3.93. The fourth-order valence-corrected chi connectivity index (χ4v) is 3.93. The number of benzene rings is 2. The number of aryl methyl sites for hydroxylation is 1. The number of carbonyl (C=O) groups is 1. The van der Waals surface area contributed by atoms with Gasteiger partial charge in [-0.25, -0.2) is 4.98 Å². The number of anilines is 1. The Kier molecular flexibility index (Phi) is 7.58. The number of carboxylic acids is 1. The van der Waals surface area contributed by atoms with E-state index in [0.29, 0.717) is 27.9 Å². The van der Waals surface area contributed by atoms with E-state index in [9.17, 15) is 18.0 Å². The van der Waals surface area contributed by atoms with Gasteiger partial charge in [0.15, 0.2) is 0 Å². The van der Waals surface area contributed by atoms with E-state index in [0.717, 1.165) is 0 Å². The molecule has 38 heavy (non-hydrogen) atoms. The van der Waals surface area contributed by atoms with Crippen molar-refractivity contribution >= 4 is 11.9 Å². The molecule has 2 atom stereocenters. The van der Waals surface area contributed by atoms with Crippen LogP contribution >= 0.6 is 0 Å². The summed E-state index contributed by atoms with van der Waals surface area (Å²) in [6.45, 7) is 1.75. The highest BCUT2D eigenvalue weighted by atomic mass is 19.4. The maximum atomic E-state index is 14.3. The molecule has 0 saturated heterocycles. The van der Waals surface area contributed by atoms with Crippen LogP contribution in [0.1, 0.15) is 22.9 Å². The summed E-state index contributed by atoms with van der Waals surface area (Å²) in [5.41, 5.74) is 14.3. The van der Waals surface area contributed by atoms with Gasteiger partial charge in [0, 0.05) is 29.1 Å². The van der Waals surface area contributed by atoms with Gasteiger partial charge in [-0.1, -0.05) is 48.5 Å². The van der Waals surface area contributed by atoms with Gasteiger partial charge in [0.05, 0.1) is 5.69 Å². The smallest absolute Gasteiger partial charge is 0.429 e. The van der Waals surface area contributed by atoms with Crippen molar-refractivity contribution in [2.45, 2.75) is 31.7 Å². The van der Waals surface area contributed by atoms with Crippen LogP contribution in [0.25, 0.3) is 22.4 Å². The third kappa shape index (κ3) is 6.24. The van der Waals surface area contributed by atoms with Gasteiger partial charge >= 0.3 is 12.1 Å². The standard InChI is InChI=1S/C27H24F3N5O3/c1-15-12-18(10-11-33-15)19-4-2-3-5-20(19)24(27(28,29)30)38-23-14-22(34-26(32)35-23)17-8-6-16(7-9-17)13-21(31)25(36)37/h2-12,14,21,24H,13,31H2,1H3,(H,36,37)(H2,32,34,35)/t21-,24?/m0/s1. The average Bonchev–Trinajstić information content (AvgIpc) is 2.87. The zero-order valence-electron chi connectivity index (χ0n) is 20.2. The lowest BCUT2D eigenvalue weighted by molar-refractivity contribution is -0.198. The topological polar surface area (TPSA) is 137 Å². The molecular formula is C27H24F3N5O3. The van der Waals surface area contributed by atoms with Crippen molar-refractivity contribution in [2.24, 2.45) is 5.73 Å². The highest BCUT2D eigenvalue weighted by molar-refractivity contribution is 5.73. The molecule has 0 spiro atoms. The van der Waals surface area contributed by atoms with E-state index in [4.69, 9.17) is 21.3 Å². The Balaban J connectivity index is 1.68. The molecule has 2 heterocycles. The summed E-state index contributed by atoms with van der Waals surface area (Å²) >= 11 is 0. The number of ether oxygens (including phenoxy) is 1. The van der Waals surface area contributed by atoms with E-state index < -0.39 is 24.3 Å². The number of nitrogens with two attached hydrogens (primary N) is 2. The quantitative estimate of drug-likeness (QED) is 0.301. The Morgan fingerprint density at radius 2 is 1.74 bits per heavy atom. The number of nitrogens with zero attached hydrogens (tertiary/aromatic N) is 3. The van der Waals surface area contributed by atoms with Gasteiger partial charge in [-0.05, 0) is 42.2 Å². The largest absolute Gasteiger partial charge is 0.480 e. The highest BCUT2D eigenvalue weighted by Crippen LogP contribution is 2.41. The van der Waals surface area contributed by atoms with E-state index in [1.165, 1.54) is 24.4 Å². The number of halogens is 3. The SMILES string of the molecule is Cc1cc(-c2ccccc2C(Oc2cc(-c3ccc(C[C@H](N)C(=O)O)cc3)nc(N)n2)C(F)(F)F)ccn1. The first kappa shape index (κ1) is 26.6. The van der Waals surface area contributed by atoms with E-state index in [1.54, 1.807) is 55.5 Å². The van der Waals surface area contributed by atoms with Crippen LogP contribution in [0.3, 0.4) is 0 Å². The number of alkyl halides is 3. The first-order valence-corrected chi connectivity index (χ1v) is 11.5. The number of nitrogen functional groups attached to an aromatic ring is 1. The van der Waals surface area contributed by atoms with E-state index in [1.807, 2.05) is 0 Å². The summed E-state index contributed by atoms with van der Waals surface area (Å²) < 4.78 is 48.4. The van der Waals surface area contributed by atoms with Crippen molar-refractivity contribution < 1.29 is 27.8 Å². The molecule has 2 aromatic heterocycles. The van der Waals surface area contributed by atoms with Crippen LogP contribution in [0.2, 0.25) is 0 Å². The predicted molar refractivity (Wildman–Crippen MR) is 135 cm³/mol. The van der Waals surface area contributed by atoms with E-state index in [2.05, 4.69) is 15.0 Å². The Morgan fingerprint density at radius 3 is 2.39 bits per heavy atom. The predicted octanol–water partition coefficient (Wildman–Crippen LogP) is 4.73. The molecule has 4 aromatic rings. The highest BCUT2D eigenvalue weighted by Gasteiger charge is 2.44. The lowest BCUT2D eigenvalue weighted by atomic mass is 9.96. The Labute approximate surface area is 216 Å². The summed E-state index contributed by atoms with van der Waals surface area (Å²) in [4.78, 5) is 23.1. The van der Waals surface area contributed by atoms with Crippen LogP contribution in [0, 0.1) is 6.92 Å². The maximum absolute atomic E-state index is 14.3. The summed E-state index contributed by atoms with van der Waals surface area (Å²) in [7, 11) is 0. The van der Waals surface area contributed by atoms with Crippen LogP contribution < -0.4 is 16.2 Å². The molecule has 0 bridgehead atoms. The normalized spacial score (nSPS) is 13.1. The van der Waals surface area contributed by atoms with Crippen LogP contribution in [0.15, 0.2) is 72.9 Å². The van der Waals surface area contributed by atoms with Crippen molar-refractivity contribution in [2.75, 3.05) is 5.73 Å². The number of aromatic nitrogens is 3. The molecule has 0 aliphatic carbocycles.